The number of para-hydroxylation sites is 1. The summed E-state index contributed by atoms with van der Waals surface area (Å²) in [5, 5.41) is 7.48. The number of ether oxygens (including phenoxy) is 2. The summed E-state index contributed by atoms with van der Waals surface area (Å²) in [5.74, 6) is -0.886. The number of sulfonamides is 1. The predicted molar refractivity (Wildman–Crippen MR) is 94.3 cm³/mol. The first-order valence-electron chi connectivity index (χ1n) is 7.63. The van der Waals surface area contributed by atoms with Gasteiger partial charge in [0.2, 0.25) is 10.0 Å². The van der Waals surface area contributed by atoms with Gasteiger partial charge in [0.1, 0.15) is 11.3 Å². The van der Waals surface area contributed by atoms with E-state index in [0.29, 0.717) is 18.0 Å². The lowest BCUT2D eigenvalue weighted by atomic mass is 10.2. The molecule has 0 spiro atoms. The number of carbonyl (C=O) groups is 2. The number of anilines is 1. The summed E-state index contributed by atoms with van der Waals surface area (Å²) in [6.07, 6.45) is 0. The summed E-state index contributed by atoms with van der Waals surface area (Å²) in [6.45, 7) is 1.67. The smallest absolute Gasteiger partial charge is 0.342 e. The quantitative estimate of drug-likeness (QED) is 0.704. The molecule has 0 aliphatic heterocycles. The number of nitrogens with one attached hydrogen (secondary N) is 1. The molecule has 2 rings (SSSR count). The van der Waals surface area contributed by atoms with Gasteiger partial charge in [-0.3, -0.25) is 4.79 Å². The monoisotopic (exact) mass is 378 g/mol. The Morgan fingerprint density at radius 1 is 1.08 bits per heavy atom. The highest BCUT2D eigenvalue weighted by atomic mass is 32.2. The lowest BCUT2D eigenvalue weighted by Gasteiger charge is -2.10. The van der Waals surface area contributed by atoms with E-state index in [1.54, 1.807) is 25.1 Å². The average Bonchev–Trinajstić information content (AvgIpc) is 2.60. The molecule has 0 saturated heterocycles. The largest absolute Gasteiger partial charge is 0.493 e. The number of esters is 1. The molecular weight excluding hydrogens is 360 g/mol. The van der Waals surface area contributed by atoms with E-state index in [4.69, 9.17) is 14.6 Å². The number of hydrogen-bond donors (Lipinski definition) is 2. The van der Waals surface area contributed by atoms with Crippen LogP contribution in [0, 0.1) is 0 Å². The molecule has 0 aromatic heterocycles. The maximum atomic E-state index is 12.1. The fraction of sp³-hybridized carbons (Fsp3) is 0.176. The van der Waals surface area contributed by atoms with Crippen LogP contribution >= 0.6 is 0 Å². The van der Waals surface area contributed by atoms with Crippen molar-refractivity contribution in [1.82, 2.24) is 0 Å². The fourth-order valence-electron chi connectivity index (χ4n) is 2.05. The summed E-state index contributed by atoms with van der Waals surface area (Å²) < 4.78 is 32.7. The Morgan fingerprint density at radius 3 is 2.35 bits per heavy atom. The number of hydrogen-bond acceptors (Lipinski definition) is 6. The van der Waals surface area contributed by atoms with Gasteiger partial charge < -0.3 is 14.8 Å². The maximum Gasteiger partial charge on any atom is 0.342 e. The second kappa shape index (κ2) is 8.45. The first-order chi connectivity index (χ1) is 12.3. The number of nitrogens with two attached hydrogens (primary N) is 1. The highest BCUT2D eigenvalue weighted by Gasteiger charge is 2.15. The number of carbonyl (C=O) groups excluding carboxylic acids is 2. The molecule has 0 aliphatic rings. The van der Waals surface area contributed by atoms with Crippen molar-refractivity contribution in [3.8, 4) is 5.75 Å². The van der Waals surface area contributed by atoms with Gasteiger partial charge in [-0.1, -0.05) is 12.1 Å². The third kappa shape index (κ3) is 5.30. The summed E-state index contributed by atoms with van der Waals surface area (Å²) >= 11 is 0. The van der Waals surface area contributed by atoms with Crippen LogP contribution in [0.15, 0.2) is 53.4 Å². The summed E-state index contributed by atoms with van der Waals surface area (Å²) in [6, 6.07) is 11.8. The Hall–Kier alpha value is -2.91. The zero-order chi connectivity index (χ0) is 19.2. The second-order valence-corrected chi connectivity index (χ2v) is 6.68. The van der Waals surface area contributed by atoms with Gasteiger partial charge in [0.25, 0.3) is 5.91 Å². The minimum Gasteiger partial charge on any atom is -0.493 e. The summed E-state index contributed by atoms with van der Waals surface area (Å²) in [4.78, 5) is 23.9. The molecular formula is C17H18N2O6S. The van der Waals surface area contributed by atoms with Crippen LogP contribution in [0.5, 0.6) is 5.75 Å². The maximum absolute atomic E-state index is 12.1. The van der Waals surface area contributed by atoms with Crippen LogP contribution in [0.2, 0.25) is 0 Å². The molecule has 3 N–H and O–H groups in total. The van der Waals surface area contributed by atoms with Gasteiger partial charge in [-0.2, -0.15) is 0 Å². The van der Waals surface area contributed by atoms with Gasteiger partial charge in [0.15, 0.2) is 6.61 Å². The third-order valence-corrected chi connectivity index (χ3v) is 4.14. The lowest BCUT2D eigenvalue weighted by Crippen LogP contribution is -2.21. The Balaban J connectivity index is 1.93. The van der Waals surface area contributed by atoms with Crippen molar-refractivity contribution in [2.24, 2.45) is 5.14 Å². The van der Waals surface area contributed by atoms with Crippen molar-refractivity contribution in [3.63, 3.8) is 0 Å². The minimum atomic E-state index is -3.80. The molecule has 0 bridgehead atoms. The van der Waals surface area contributed by atoms with Crippen molar-refractivity contribution >= 4 is 27.6 Å². The molecule has 0 unspecified atom stereocenters. The molecule has 26 heavy (non-hydrogen) atoms. The van der Waals surface area contributed by atoms with Gasteiger partial charge in [-0.25, -0.2) is 18.4 Å². The van der Waals surface area contributed by atoms with Gasteiger partial charge in [-0.05, 0) is 43.3 Å². The topological polar surface area (TPSA) is 125 Å². The van der Waals surface area contributed by atoms with Crippen molar-refractivity contribution in [2.75, 3.05) is 18.5 Å². The van der Waals surface area contributed by atoms with Crippen LogP contribution in [0.1, 0.15) is 17.3 Å². The van der Waals surface area contributed by atoms with E-state index in [1.165, 1.54) is 30.3 Å². The van der Waals surface area contributed by atoms with Crippen LogP contribution in [0.3, 0.4) is 0 Å². The Labute approximate surface area is 151 Å². The summed E-state index contributed by atoms with van der Waals surface area (Å²) in [7, 11) is -3.80. The number of primary sulfonamides is 1. The molecule has 0 radical (unpaired) electrons. The predicted octanol–water partition coefficient (Wildman–Crippen LogP) is 1.53. The van der Waals surface area contributed by atoms with E-state index >= 15 is 0 Å². The Kier molecular flexibility index (Phi) is 6.31. The first kappa shape index (κ1) is 19.4. The molecule has 8 nitrogen and oxygen atoms in total. The Morgan fingerprint density at radius 2 is 1.73 bits per heavy atom. The third-order valence-electron chi connectivity index (χ3n) is 3.21. The van der Waals surface area contributed by atoms with Crippen LogP contribution in [-0.4, -0.2) is 33.5 Å². The normalized spacial score (nSPS) is 10.8. The molecule has 0 saturated carbocycles. The Bertz CT molecular complexity index is 894. The molecule has 1 amide bonds. The van der Waals surface area contributed by atoms with E-state index < -0.39 is 28.5 Å². The van der Waals surface area contributed by atoms with Crippen LogP contribution in [0.4, 0.5) is 5.69 Å². The molecule has 0 aliphatic carbocycles. The number of amides is 1. The second-order valence-electron chi connectivity index (χ2n) is 5.12. The van der Waals surface area contributed by atoms with E-state index in [1.807, 2.05) is 0 Å². The van der Waals surface area contributed by atoms with Crippen LogP contribution in [-0.2, 0) is 19.6 Å². The standard InChI is InChI=1S/C17H18N2O6S/c1-2-24-15-6-4-3-5-14(15)17(21)25-11-16(20)19-12-7-9-13(10-8-12)26(18,22)23/h3-10H,2,11H2,1H3,(H,19,20)(H2,18,22,23). The molecule has 2 aromatic rings. The van der Waals surface area contributed by atoms with Crippen molar-refractivity contribution < 1.29 is 27.5 Å². The van der Waals surface area contributed by atoms with Crippen LogP contribution < -0.4 is 15.2 Å². The minimum absolute atomic E-state index is 0.0746. The average molecular weight is 378 g/mol. The van der Waals surface area contributed by atoms with E-state index in [-0.39, 0.29) is 10.5 Å². The highest BCUT2D eigenvalue weighted by molar-refractivity contribution is 7.89. The van der Waals surface area contributed by atoms with Gasteiger partial charge in [-0.15, -0.1) is 0 Å². The molecule has 138 valence electrons. The molecule has 0 atom stereocenters. The zero-order valence-corrected chi connectivity index (χ0v) is 14.8. The number of rotatable bonds is 7. The van der Waals surface area contributed by atoms with E-state index in [0.717, 1.165) is 0 Å². The molecule has 0 heterocycles. The van der Waals surface area contributed by atoms with Crippen LogP contribution in [0.25, 0.3) is 0 Å². The van der Waals surface area contributed by atoms with Gasteiger partial charge >= 0.3 is 5.97 Å². The van der Waals surface area contributed by atoms with Crippen molar-refractivity contribution in [2.45, 2.75) is 11.8 Å². The van der Waals surface area contributed by atoms with Gasteiger partial charge in [0, 0.05) is 5.69 Å². The fourth-order valence-corrected chi connectivity index (χ4v) is 2.57. The highest BCUT2D eigenvalue weighted by Crippen LogP contribution is 2.19. The lowest BCUT2D eigenvalue weighted by molar-refractivity contribution is -0.119. The molecule has 9 heteroatoms. The summed E-state index contributed by atoms with van der Waals surface area (Å²) in [5.41, 5.74) is 0.563. The molecule has 0 fully saturated rings. The van der Waals surface area contributed by atoms with Gasteiger partial charge in [0.05, 0.1) is 11.5 Å². The molecule has 2 aromatic carbocycles. The van der Waals surface area contributed by atoms with Crippen molar-refractivity contribution in [3.05, 3.63) is 54.1 Å². The number of benzene rings is 2. The first-order valence-corrected chi connectivity index (χ1v) is 9.17. The van der Waals surface area contributed by atoms with E-state index in [2.05, 4.69) is 5.32 Å². The van der Waals surface area contributed by atoms with E-state index in [9.17, 15) is 18.0 Å². The van der Waals surface area contributed by atoms with Crippen molar-refractivity contribution in [1.29, 1.82) is 0 Å². The zero-order valence-electron chi connectivity index (χ0n) is 14.0. The SMILES string of the molecule is CCOc1ccccc1C(=O)OCC(=O)Nc1ccc(S(N)(=O)=O)cc1.